The molecule has 7 nitrogen and oxygen atoms in total. The summed E-state index contributed by atoms with van der Waals surface area (Å²) in [5, 5.41) is 7.12. The maximum atomic E-state index is 12.3. The van der Waals surface area contributed by atoms with E-state index < -0.39 is 6.04 Å². The van der Waals surface area contributed by atoms with Crippen LogP contribution in [0.3, 0.4) is 0 Å². The van der Waals surface area contributed by atoms with Crippen molar-refractivity contribution in [3.8, 4) is 0 Å². The average Bonchev–Trinajstić information content (AvgIpc) is 2.64. The second-order valence-electron chi connectivity index (χ2n) is 5.05. The van der Waals surface area contributed by atoms with Crippen molar-refractivity contribution < 1.29 is 14.3 Å². The minimum Gasteiger partial charge on any atom is -0.465 e. The number of carbonyl (C=O) groups excluding carboxylic acids is 2. The smallest absolute Gasteiger partial charge is 0.320 e. The zero-order chi connectivity index (χ0) is 16.2. The van der Waals surface area contributed by atoms with Crippen molar-refractivity contribution in [3.05, 3.63) is 11.4 Å². The van der Waals surface area contributed by atoms with Gasteiger partial charge in [-0.05, 0) is 34.7 Å². The lowest BCUT2D eigenvalue weighted by Crippen LogP contribution is -2.42. The second-order valence-corrected chi connectivity index (χ2v) is 5.05. The van der Waals surface area contributed by atoms with Crippen molar-refractivity contribution >= 4 is 17.6 Å². The molecule has 1 unspecified atom stereocenters. The molecule has 0 aliphatic heterocycles. The number of rotatable bonds is 6. The molecule has 118 valence electrons. The van der Waals surface area contributed by atoms with E-state index in [9.17, 15) is 9.59 Å². The van der Waals surface area contributed by atoms with Gasteiger partial charge in [0, 0.05) is 7.05 Å². The average molecular weight is 296 g/mol. The Bertz CT molecular complexity index is 525. The quantitative estimate of drug-likeness (QED) is 0.788. The van der Waals surface area contributed by atoms with E-state index in [0.717, 1.165) is 17.1 Å². The fraction of sp³-hybridized carbons (Fsp3) is 0.643. The number of nitrogens with zero attached hydrogens (tertiary/aromatic N) is 3. The molecule has 1 aromatic rings. The van der Waals surface area contributed by atoms with E-state index in [1.165, 1.54) is 0 Å². The second kappa shape index (κ2) is 7.21. The van der Waals surface area contributed by atoms with Gasteiger partial charge in [0.15, 0.2) is 0 Å². The Morgan fingerprint density at radius 1 is 1.43 bits per heavy atom. The molecule has 0 radical (unpaired) electrons. The van der Waals surface area contributed by atoms with Crippen LogP contribution >= 0.6 is 0 Å². The molecular formula is C14H24N4O3. The third-order valence-electron chi connectivity index (χ3n) is 3.48. The molecule has 0 aliphatic rings. The van der Waals surface area contributed by atoms with E-state index in [-0.39, 0.29) is 18.4 Å². The van der Waals surface area contributed by atoms with Crippen molar-refractivity contribution in [1.29, 1.82) is 0 Å². The number of nitrogens with one attached hydrogen (secondary N) is 1. The number of anilines is 1. The zero-order valence-electron chi connectivity index (χ0n) is 13.6. The third-order valence-corrected chi connectivity index (χ3v) is 3.48. The van der Waals surface area contributed by atoms with Gasteiger partial charge in [-0.2, -0.15) is 5.10 Å². The first-order valence-electron chi connectivity index (χ1n) is 6.94. The SMILES string of the molecule is CCOC(=O)CN(C)C(C)C(=O)Nc1c(C)nn(C)c1C. The summed E-state index contributed by atoms with van der Waals surface area (Å²) in [5.74, 6) is -0.519. The number of hydrogen-bond acceptors (Lipinski definition) is 5. The summed E-state index contributed by atoms with van der Waals surface area (Å²) >= 11 is 0. The van der Waals surface area contributed by atoms with Gasteiger partial charge in [0.1, 0.15) is 0 Å². The lowest BCUT2D eigenvalue weighted by atomic mass is 10.2. The Labute approximate surface area is 125 Å². The van der Waals surface area contributed by atoms with Gasteiger partial charge in [0.05, 0.1) is 36.3 Å². The molecule has 0 aromatic carbocycles. The first kappa shape index (κ1) is 17.2. The first-order valence-corrected chi connectivity index (χ1v) is 6.94. The summed E-state index contributed by atoms with van der Waals surface area (Å²) in [6, 6.07) is -0.451. The fourth-order valence-electron chi connectivity index (χ4n) is 1.93. The number of carbonyl (C=O) groups is 2. The first-order chi connectivity index (χ1) is 9.77. The van der Waals surface area contributed by atoms with Gasteiger partial charge >= 0.3 is 5.97 Å². The van der Waals surface area contributed by atoms with Gasteiger partial charge < -0.3 is 10.1 Å². The fourth-order valence-corrected chi connectivity index (χ4v) is 1.93. The highest BCUT2D eigenvalue weighted by Gasteiger charge is 2.22. The minimum absolute atomic E-state index is 0.0768. The summed E-state index contributed by atoms with van der Waals surface area (Å²) in [6.07, 6.45) is 0. The summed E-state index contributed by atoms with van der Waals surface area (Å²) in [5.41, 5.74) is 2.38. The number of aromatic nitrogens is 2. The number of ether oxygens (including phenoxy) is 1. The Hall–Kier alpha value is -1.89. The normalized spacial score (nSPS) is 12.3. The van der Waals surface area contributed by atoms with E-state index in [2.05, 4.69) is 10.4 Å². The summed E-state index contributed by atoms with van der Waals surface area (Å²) in [4.78, 5) is 25.4. The third kappa shape index (κ3) is 4.29. The van der Waals surface area contributed by atoms with Crippen LogP contribution in [0.1, 0.15) is 25.2 Å². The maximum absolute atomic E-state index is 12.3. The molecule has 0 bridgehead atoms. The standard InChI is InChI=1S/C14H24N4O3/c1-7-21-12(19)8-17(5)11(4)14(20)15-13-9(2)16-18(6)10(13)3/h11H,7-8H2,1-6H3,(H,15,20). The van der Waals surface area contributed by atoms with Gasteiger partial charge in [0.25, 0.3) is 0 Å². The molecular weight excluding hydrogens is 272 g/mol. The summed E-state index contributed by atoms with van der Waals surface area (Å²) in [6.45, 7) is 7.64. The molecule has 0 saturated heterocycles. The molecule has 1 N–H and O–H groups in total. The molecule has 1 heterocycles. The van der Waals surface area contributed by atoms with Crippen LogP contribution < -0.4 is 5.32 Å². The lowest BCUT2D eigenvalue weighted by molar-refractivity contribution is -0.144. The Kier molecular flexibility index (Phi) is 5.90. The topological polar surface area (TPSA) is 76.5 Å². The molecule has 0 spiro atoms. The van der Waals surface area contributed by atoms with Crippen LogP contribution in [0.25, 0.3) is 0 Å². The Morgan fingerprint density at radius 2 is 2.05 bits per heavy atom. The molecule has 1 rings (SSSR count). The molecule has 7 heteroatoms. The number of esters is 1. The van der Waals surface area contributed by atoms with Crippen LogP contribution in [0.2, 0.25) is 0 Å². The van der Waals surface area contributed by atoms with Crippen LogP contribution in [0, 0.1) is 13.8 Å². The van der Waals surface area contributed by atoms with Crippen molar-refractivity contribution in [2.45, 2.75) is 33.7 Å². The Morgan fingerprint density at radius 3 is 2.52 bits per heavy atom. The number of likely N-dealkylation sites (N-methyl/N-ethyl adjacent to an activating group) is 1. The van der Waals surface area contributed by atoms with E-state index in [1.54, 1.807) is 30.5 Å². The molecule has 21 heavy (non-hydrogen) atoms. The van der Waals surface area contributed by atoms with Crippen molar-refractivity contribution in [1.82, 2.24) is 14.7 Å². The van der Waals surface area contributed by atoms with Crippen LogP contribution in [0.4, 0.5) is 5.69 Å². The highest BCUT2D eigenvalue weighted by atomic mass is 16.5. The molecule has 0 fully saturated rings. The van der Waals surface area contributed by atoms with Gasteiger partial charge in [0.2, 0.25) is 5.91 Å². The van der Waals surface area contributed by atoms with Crippen LogP contribution in [0.15, 0.2) is 0 Å². The lowest BCUT2D eigenvalue weighted by Gasteiger charge is -2.22. The highest BCUT2D eigenvalue weighted by molar-refractivity contribution is 5.95. The van der Waals surface area contributed by atoms with Crippen LogP contribution in [-0.4, -0.2) is 52.8 Å². The van der Waals surface area contributed by atoms with E-state index in [4.69, 9.17) is 4.74 Å². The Balaban J connectivity index is 2.68. The summed E-state index contributed by atoms with van der Waals surface area (Å²) in [7, 11) is 3.54. The van der Waals surface area contributed by atoms with Gasteiger partial charge in [-0.25, -0.2) is 0 Å². The zero-order valence-corrected chi connectivity index (χ0v) is 13.6. The number of aryl methyl sites for hydroxylation is 2. The van der Waals surface area contributed by atoms with Crippen molar-refractivity contribution in [3.63, 3.8) is 0 Å². The number of amides is 1. The van der Waals surface area contributed by atoms with Crippen LogP contribution in [-0.2, 0) is 21.4 Å². The monoisotopic (exact) mass is 296 g/mol. The molecule has 1 atom stereocenters. The van der Waals surface area contributed by atoms with Gasteiger partial charge in [-0.1, -0.05) is 0 Å². The molecule has 0 saturated carbocycles. The van der Waals surface area contributed by atoms with Crippen LogP contribution in [0.5, 0.6) is 0 Å². The van der Waals surface area contributed by atoms with E-state index >= 15 is 0 Å². The van der Waals surface area contributed by atoms with Crippen molar-refractivity contribution in [2.75, 3.05) is 25.5 Å². The molecule has 1 amide bonds. The van der Waals surface area contributed by atoms with E-state index in [1.807, 2.05) is 20.9 Å². The largest absolute Gasteiger partial charge is 0.465 e. The predicted molar refractivity (Wildman–Crippen MR) is 80.0 cm³/mol. The number of hydrogen-bond donors (Lipinski definition) is 1. The highest BCUT2D eigenvalue weighted by Crippen LogP contribution is 2.18. The summed E-state index contributed by atoms with van der Waals surface area (Å²) < 4.78 is 6.60. The minimum atomic E-state index is -0.451. The maximum Gasteiger partial charge on any atom is 0.320 e. The molecule has 0 aliphatic carbocycles. The molecule has 1 aromatic heterocycles. The van der Waals surface area contributed by atoms with Gasteiger partial charge in [-0.3, -0.25) is 19.2 Å². The predicted octanol–water partition coefficient (Wildman–Crippen LogP) is 0.859. The van der Waals surface area contributed by atoms with Crippen molar-refractivity contribution in [2.24, 2.45) is 7.05 Å². The van der Waals surface area contributed by atoms with Gasteiger partial charge in [-0.15, -0.1) is 0 Å². The van der Waals surface area contributed by atoms with E-state index in [0.29, 0.717) is 6.61 Å².